The molecule has 2 aromatic carbocycles. The minimum absolute atomic E-state index is 0.0765. The third-order valence-corrected chi connectivity index (χ3v) is 7.28. The van der Waals surface area contributed by atoms with Gasteiger partial charge < -0.3 is 9.80 Å². The molecule has 3 heterocycles. The number of benzene rings is 2. The molecule has 4 nitrogen and oxygen atoms in total. The van der Waals surface area contributed by atoms with Crippen LogP contribution in [0.1, 0.15) is 71.3 Å². The van der Waals surface area contributed by atoms with E-state index in [0.29, 0.717) is 5.92 Å². The quantitative estimate of drug-likeness (QED) is 0.352. The smallest absolute Gasteiger partial charge is 0.178 e. The van der Waals surface area contributed by atoms with Crippen LogP contribution in [0.5, 0.6) is 0 Å². The third-order valence-electron chi connectivity index (χ3n) is 7.28. The van der Waals surface area contributed by atoms with Crippen molar-refractivity contribution in [2.75, 3.05) is 9.80 Å². The average molecular weight is 481 g/mol. The zero-order valence-corrected chi connectivity index (χ0v) is 22.9. The first-order valence-corrected chi connectivity index (χ1v) is 13.2. The second kappa shape index (κ2) is 8.76. The van der Waals surface area contributed by atoms with Crippen molar-refractivity contribution in [3.05, 3.63) is 84.2 Å². The fraction of sp³-hybridized carbons (Fsp3) is 0.438. The molecule has 3 aromatic rings. The molecule has 3 unspecified atom stereocenters. The summed E-state index contributed by atoms with van der Waals surface area (Å²) in [6, 6.07) is 19.4. The number of anilines is 4. The SMILES string of the molecule is C=CC1c2ccccc2N2c3nc(CC(C)(C)C)c(CC(C)(C)C)nc3N(c3ccccc3)C2C1C. The maximum absolute atomic E-state index is 5.46. The summed E-state index contributed by atoms with van der Waals surface area (Å²) in [5.41, 5.74) is 6.17. The van der Waals surface area contributed by atoms with Crippen LogP contribution in [0.15, 0.2) is 67.3 Å². The summed E-state index contributed by atoms with van der Waals surface area (Å²) < 4.78 is 0. The molecular formula is C32H40N4. The van der Waals surface area contributed by atoms with Crippen LogP contribution in [0.2, 0.25) is 0 Å². The highest BCUT2D eigenvalue weighted by Crippen LogP contribution is 2.55. The molecule has 0 saturated carbocycles. The maximum Gasteiger partial charge on any atom is 0.178 e. The molecule has 36 heavy (non-hydrogen) atoms. The van der Waals surface area contributed by atoms with Gasteiger partial charge in [0.05, 0.1) is 11.4 Å². The summed E-state index contributed by atoms with van der Waals surface area (Å²) in [6.45, 7) is 20.3. The van der Waals surface area contributed by atoms with Crippen LogP contribution in [0.3, 0.4) is 0 Å². The second-order valence-corrected chi connectivity index (χ2v) is 12.9. The Labute approximate surface area is 217 Å². The van der Waals surface area contributed by atoms with Crippen LogP contribution in [0.4, 0.5) is 23.0 Å². The molecule has 2 aliphatic rings. The lowest BCUT2D eigenvalue weighted by atomic mass is 9.80. The van der Waals surface area contributed by atoms with Gasteiger partial charge >= 0.3 is 0 Å². The molecule has 3 atom stereocenters. The molecule has 5 rings (SSSR count). The summed E-state index contributed by atoms with van der Waals surface area (Å²) in [6.07, 6.45) is 3.99. The third kappa shape index (κ3) is 4.31. The van der Waals surface area contributed by atoms with E-state index >= 15 is 0 Å². The molecule has 0 radical (unpaired) electrons. The van der Waals surface area contributed by atoms with E-state index in [1.165, 1.54) is 11.3 Å². The van der Waals surface area contributed by atoms with Crippen molar-refractivity contribution in [3.8, 4) is 0 Å². The summed E-state index contributed by atoms with van der Waals surface area (Å²) in [5.74, 6) is 2.49. The average Bonchev–Trinajstić information content (AvgIpc) is 3.13. The van der Waals surface area contributed by atoms with E-state index < -0.39 is 0 Å². The Morgan fingerprint density at radius 3 is 1.86 bits per heavy atom. The molecule has 188 valence electrons. The molecule has 4 heteroatoms. The number of nitrogens with zero attached hydrogens (tertiary/aromatic N) is 4. The monoisotopic (exact) mass is 480 g/mol. The topological polar surface area (TPSA) is 32.3 Å². The van der Waals surface area contributed by atoms with E-state index in [0.717, 1.165) is 41.6 Å². The Kier molecular flexibility index (Phi) is 5.97. The van der Waals surface area contributed by atoms with Gasteiger partial charge in [0.25, 0.3) is 0 Å². The Hall–Kier alpha value is -3.14. The standard InChI is InChI=1S/C32H40N4/c1-9-23-21(2)30-35(22-15-11-10-12-16-22)28-29(36(30)27-18-14-13-17-24(23)27)34-26(20-32(6,7)8)25(33-28)19-31(3,4)5/h9-18,21,23,30H,1,19-20H2,2-8H3. The predicted octanol–water partition coefficient (Wildman–Crippen LogP) is 8.19. The fourth-order valence-corrected chi connectivity index (χ4v) is 5.85. The van der Waals surface area contributed by atoms with E-state index in [1.807, 2.05) is 0 Å². The molecule has 0 amide bonds. The van der Waals surface area contributed by atoms with Crippen LogP contribution < -0.4 is 9.80 Å². The van der Waals surface area contributed by atoms with Gasteiger partial charge in [-0.2, -0.15) is 0 Å². The van der Waals surface area contributed by atoms with Gasteiger partial charge in [-0.3, -0.25) is 0 Å². The summed E-state index contributed by atoms with van der Waals surface area (Å²) >= 11 is 0. The Bertz CT molecular complexity index is 1270. The van der Waals surface area contributed by atoms with Gasteiger partial charge in [-0.15, -0.1) is 6.58 Å². The van der Waals surface area contributed by atoms with Crippen molar-refractivity contribution in [2.45, 2.75) is 73.4 Å². The van der Waals surface area contributed by atoms with Crippen molar-refractivity contribution in [1.82, 2.24) is 9.97 Å². The van der Waals surface area contributed by atoms with E-state index in [9.17, 15) is 0 Å². The second-order valence-electron chi connectivity index (χ2n) is 12.9. The van der Waals surface area contributed by atoms with Gasteiger partial charge in [-0.25, -0.2) is 9.97 Å². The normalized spacial score (nSPS) is 21.1. The Balaban J connectivity index is 1.79. The van der Waals surface area contributed by atoms with Crippen LogP contribution in [-0.2, 0) is 12.8 Å². The van der Waals surface area contributed by atoms with E-state index in [2.05, 4.69) is 126 Å². The van der Waals surface area contributed by atoms with Crippen LogP contribution in [0.25, 0.3) is 0 Å². The zero-order chi connectivity index (χ0) is 25.8. The molecule has 0 N–H and O–H groups in total. The van der Waals surface area contributed by atoms with Gasteiger partial charge in [-0.1, -0.05) is 90.9 Å². The van der Waals surface area contributed by atoms with E-state index in [-0.39, 0.29) is 22.9 Å². The van der Waals surface area contributed by atoms with Crippen molar-refractivity contribution >= 4 is 23.0 Å². The molecule has 0 aliphatic carbocycles. The lowest BCUT2D eigenvalue weighted by Gasteiger charge is -2.44. The minimum Gasteiger partial charge on any atom is -0.302 e. The van der Waals surface area contributed by atoms with Crippen LogP contribution >= 0.6 is 0 Å². The lowest BCUT2D eigenvalue weighted by molar-refractivity contribution is 0.384. The highest BCUT2D eigenvalue weighted by atomic mass is 15.5. The van der Waals surface area contributed by atoms with Crippen molar-refractivity contribution < 1.29 is 0 Å². The summed E-state index contributed by atoms with van der Waals surface area (Å²) in [4.78, 5) is 15.8. The van der Waals surface area contributed by atoms with Gasteiger partial charge in [-0.05, 0) is 47.4 Å². The van der Waals surface area contributed by atoms with Gasteiger partial charge in [0.2, 0.25) is 0 Å². The first-order chi connectivity index (χ1) is 17.0. The number of rotatable bonds is 4. The summed E-state index contributed by atoms with van der Waals surface area (Å²) in [5, 5.41) is 0. The fourth-order valence-electron chi connectivity index (χ4n) is 5.85. The van der Waals surface area contributed by atoms with Crippen LogP contribution in [-0.4, -0.2) is 16.1 Å². The zero-order valence-electron chi connectivity index (χ0n) is 22.9. The molecular weight excluding hydrogens is 440 g/mol. The molecule has 0 bridgehead atoms. The highest BCUT2D eigenvalue weighted by molar-refractivity contribution is 5.86. The first-order valence-electron chi connectivity index (χ1n) is 13.2. The van der Waals surface area contributed by atoms with E-state index in [1.54, 1.807) is 0 Å². The Morgan fingerprint density at radius 1 is 0.778 bits per heavy atom. The van der Waals surface area contributed by atoms with Crippen molar-refractivity contribution in [1.29, 1.82) is 0 Å². The lowest BCUT2D eigenvalue weighted by Crippen LogP contribution is -2.48. The predicted molar refractivity (Wildman–Crippen MR) is 151 cm³/mol. The van der Waals surface area contributed by atoms with E-state index in [4.69, 9.17) is 9.97 Å². The van der Waals surface area contributed by atoms with Crippen molar-refractivity contribution in [2.24, 2.45) is 16.7 Å². The number of aromatic nitrogens is 2. The van der Waals surface area contributed by atoms with Gasteiger partial charge in [0, 0.05) is 23.2 Å². The Morgan fingerprint density at radius 2 is 1.31 bits per heavy atom. The maximum atomic E-state index is 5.46. The van der Waals surface area contributed by atoms with Crippen molar-refractivity contribution in [3.63, 3.8) is 0 Å². The first kappa shape index (κ1) is 24.5. The minimum atomic E-state index is 0.0765. The molecule has 0 fully saturated rings. The van der Waals surface area contributed by atoms with Gasteiger partial charge in [0.1, 0.15) is 6.17 Å². The molecule has 2 aliphatic heterocycles. The number of allylic oxidation sites excluding steroid dienone is 1. The largest absolute Gasteiger partial charge is 0.302 e. The number of fused-ring (bicyclic) bond motifs is 5. The van der Waals surface area contributed by atoms with Gasteiger partial charge in [0.15, 0.2) is 11.6 Å². The number of para-hydroxylation sites is 2. The number of hydrogen-bond donors (Lipinski definition) is 0. The number of hydrogen-bond acceptors (Lipinski definition) is 4. The molecule has 1 aromatic heterocycles. The van der Waals surface area contributed by atoms with Crippen LogP contribution in [0, 0.1) is 16.7 Å². The highest BCUT2D eigenvalue weighted by Gasteiger charge is 2.49. The summed E-state index contributed by atoms with van der Waals surface area (Å²) in [7, 11) is 0. The molecule has 0 spiro atoms. The molecule has 0 saturated heterocycles.